The van der Waals surface area contributed by atoms with Crippen molar-refractivity contribution in [3.8, 4) is 11.5 Å². The molecule has 0 radical (unpaired) electrons. The Bertz CT molecular complexity index is 1550. The van der Waals surface area contributed by atoms with E-state index in [9.17, 15) is 18.0 Å². The SMILES string of the molecule is COc1ccc([C@]2(CCN(Cc3ccc(O[C@H]4CC[C@H](CC(=O)OCc5ccccc5)CC4)cc3)CC(C)(C)C(F)(F)F)CCOC(C)(C)C2)cc1. The lowest BCUT2D eigenvalue weighted by Gasteiger charge is -2.46. The van der Waals surface area contributed by atoms with E-state index < -0.39 is 11.6 Å². The zero-order chi connectivity index (χ0) is 37.4. The lowest BCUT2D eigenvalue weighted by Crippen LogP contribution is -2.47. The Kier molecular flexibility index (Phi) is 13.0. The highest BCUT2D eigenvalue weighted by atomic mass is 19.4. The van der Waals surface area contributed by atoms with Gasteiger partial charge in [-0.05, 0) is 126 Å². The molecular weight excluding hydrogens is 667 g/mol. The van der Waals surface area contributed by atoms with Crippen molar-refractivity contribution in [2.75, 3.05) is 26.8 Å². The maximum atomic E-state index is 14.2. The molecule has 0 spiro atoms. The van der Waals surface area contributed by atoms with E-state index in [-0.39, 0.29) is 35.6 Å². The maximum Gasteiger partial charge on any atom is 0.395 e. The predicted octanol–water partition coefficient (Wildman–Crippen LogP) is 10.1. The molecule has 2 aliphatic rings. The van der Waals surface area contributed by atoms with Gasteiger partial charge in [0.1, 0.15) is 18.1 Å². The number of alkyl halides is 3. The third kappa shape index (κ3) is 11.0. The van der Waals surface area contributed by atoms with Gasteiger partial charge in [-0.25, -0.2) is 0 Å². The van der Waals surface area contributed by atoms with E-state index in [0.717, 1.165) is 61.2 Å². The van der Waals surface area contributed by atoms with Gasteiger partial charge in [-0.2, -0.15) is 13.2 Å². The van der Waals surface area contributed by atoms with Crippen LogP contribution < -0.4 is 9.47 Å². The molecule has 3 aromatic carbocycles. The highest BCUT2D eigenvalue weighted by molar-refractivity contribution is 5.69. The average molecular weight is 724 g/mol. The molecule has 0 unspecified atom stereocenters. The van der Waals surface area contributed by atoms with E-state index in [1.165, 1.54) is 19.4 Å². The monoisotopic (exact) mass is 723 g/mol. The van der Waals surface area contributed by atoms with Crippen LogP contribution in [0, 0.1) is 11.3 Å². The summed E-state index contributed by atoms with van der Waals surface area (Å²) in [5.74, 6) is 1.65. The fraction of sp³-hybridized carbons (Fsp3) is 0.558. The van der Waals surface area contributed by atoms with Crippen LogP contribution in [0.25, 0.3) is 0 Å². The van der Waals surface area contributed by atoms with Gasteiger partial charge in [0.25, 0.3) is 0 Å². The molecule has 9 heteroatoms. The van der Waals surface area contributed by atoms with E-state index in [1.807, 2.05) is 71.6 Å². The number of halogens is 3. The smallest absolute Gasteiger partial charge is 0.395 e. The first-order valence-corrected chi connectivity index (χ1v) is 18.7. The van der Waals surface area contributed by atoms with Crippen LogP contribution >= 0.6 is 0 Å². The molecule has 0 amide bonds. The first kappa shape index (κ1) is 39.6. The summed E-state index contributed by atoms with van der Waals surface area (Å²) in [6.45, 7) is 8.43. The van der Waals surface area contributed by atoms with Crippen LogP contribution in [0.3, 0.4) is 0 Å². The topological polar surface area (TPSA) is 57.2 Å². The molecule has 5 rings (SSSR count). The number of hydrogen-bond donors (Lipinski definition) is 0. The highest BCUT2D eigenvalue weighted by Crippen LogP contribution is 2.45. The van der Waals surface area contributed by atoms with Crippen molar-refractivity contribution in [3.63, 3.8) is 0 Å². The number of methoxy groups -OCH3 is 1. The molecule has 0 N–H and O–H groups in total. The van der Waals surface area contributed by atoms with Crippen LogP contribution in [0.2, 0.25) is 0 Å². The first-order chi connectivity index (χ1) is 24.7. The Balaban J connectivity index is 1.19. The third-order valence-electron chi connectivity index (χ3n) is 11.0. The molecule has 1 saturated carbocycles. The minimum Gasteiger partial charge on any atom is -0.497 e. The van der Waals surface area contributed by atoms with Crippen molar-refractivity contribution in [2.24, 2.45) is 11.3 Å². The Labute approximate surface area is 308 Å². The Morgan fingerprint density at radius 1 is 0.885 bits per heavy atom. The molecule has 1 aliphatic carbocycles. The summed E-state index contributed by atoms with van der Waals surface area (Å²) in [5, 5.41) is 0. The van der Waals surface area contributed by atoms with Crippen LogP contribution in [-0.2, 0) is 32.8 Å². The van der Waals surface area contributed by atoms with Gasteiger partial charge in [0.2, 0.25) is 0 Å². The number of nitrogens with zero attached hydrogens (tertiary/aromatic N) is 1. The summed E-state index contributed by atoms with van der Waals surface area (Å²) in [6, 6.07) is 25.6. The highest BCUT2D eigenvalue weighted by Gasteiger charge is 2.48. The molecule has 0 bridgehead atoms. The van der Waals surface area contributed by atoms with Crippen LogP contribution in [0.1, 0.15) is 95.8 Å². The van der Waals surface area contributed by atoms with Crippen molar-refractivity contribution in [3.05, 3.63) is 95.6 Å². The fourth-order valence-corrected chi connectivity index (χ4v) is 7.87. The summed E-state index contributed by atoms with van der Waals surface area (Å²) in [6.07, 6.45) is 1.93. The zero-order valence-electron chi connectivity index (χ0n) is 31.5. The molecule has 3 aromatic rings. The average Bonchev–Trinajstić information content (AvgIpc) is 3.11. The molecule has 0 aromatic heterocycles. The summed E-state index contributed by atoms with van der Waals surface area (Å²) >= 11 is 0. The number of carbonyl (C=O) groups excluding carboxylic acids is 1. The number of carbonyl (C=O) groups is 1. The summed E-state index contributed by atoms with van der Waals surface area (Å²) in [4.78, 5) is 14.4. The summed E-state index contributed by atoms with van der Waals surface area (Å²) in [5.41, 5.74) is 0.613. The summed E-state index contributed by atoms with van der Waals surface area (Å²) in [7, 11) is 1.64. The van der Waals surface area contributed by atoms with Crippen LogP contribution in [0.5, 0.6) is 11.5 Å². The van der Waals surface area contributed by atoms with E-state index in [0.29, 0.717) is 39.1 Å². The van der Waals surface area contributed by atoms with Gasteiger partial charge in [0.05, 0.1) is 24.2 Å². The number of rotatable bonds is 15. The standard InChI is InChI=1S/C43H56F3NO5/c1-40(2,43(44,45)46)31-47(25-23-42(24-26-51-41(3,4)30-42)35-15-21-36(49-5)22-16-35)28-33-13-19-38(20-14-33)52-37-17-11-32(12-18-37)27-39(48)50-29-34-9-7-6-8-10-34/h6-10,13-16,19-22,32,37H,11-12,17-18,23-31H2,1-5H3/t32-,37-,42-/m1/s1. The van der Waals surface area contributed by atoms with Crippen molar-refractivity contribution < 1.29 is 36.9 Å². The first-order valence-electron chi connectivity index (χ1n) is 18.7. The number of ether oxygens (including phenoxy) is 4. The predicted molar refractivity (Wildman–Crippen MR) is 197 cm³/mol. The lowest BCUT2D eigenvalue weighted by atomic mass is 9.67. The molecule has 6 nitrogen and oxygen atoms in total. The Morgan fingerprint density at radius 3 is 2.15 bits per heavy atom. The molecule has 2 fully saturated rings. The van der Waals surface area contributed by atoms with Crippen molar-refractivity contribution >= 4 is 5.97 Å². The largest absolute Gasteiger partial charge is 0.497 e. The van der Waals surface area contributed by atoms with Crippen molar-refractivity contribution in [1.29, 1.82) is 0 Å². The lowest BCUT2D eigenvalue weighted by molar-refractivity contribution is -0.217. The minimum absolute atomic E-state index is 0.0596. The van der Waals surface area contributed by atoms with E-state index in [1.54, 1.807) is 7.11 Å². The Hall–Kier alpha value is -3.56. The van der Waals surface area contributed by atoms with Crippen LogP contribution in [-0.4, -0.2) is 55.6 Å². The van der Waals surface area contributed by atoms with Gasteiger partial charge >= 0.3 is 12.1 Å². The summed E-state index contributed by atoms with van der Waals surface area (Å²) < 4.78 is 65.9. The molecule has 1 heterocycles. The van der Waals surface area contributed by atoms with Gasteiger partial charge < -0.3 is 18.9 Å². The van der Waals surface area contributed by atoms with Crippen molar-refractivity contribution in [2.45, 2.75) is 116 Å². The van der Waals surface area contributed by atoms with Gasteiger partial charge in [-0.1, -0.05) is 54.6 Å². The second kappa shape index (κ2) is 17.1. The Morgan fingerprint density at radius 2 is 1.54 bits per heavy atom. The molecule has 52 heavy (non-hydrogen) atoms. The molecule has 284 valence electrons. The van der Waals surface area contributed by atoms with Gasteiger partial charge in [-0.15, -0.1) is 0 Å². The second-order valence-electron chi connectivity index (χ2n) is 16.1. The van der Waals surface area contributed by atoms with Crippen LogP contribution in [0.4, 0.5) is 13.2 Å². The van der Waals surface area contributed by atoms with Gasteiger partial charge in [0.15, 0.2) is 0 Å². The molecular formula is C43H56F3NO5. The number of esters is 1. The third-order valence-corrected chi connectivity index (χ3v) is 11.0. The normalized spacial score (nSPS) is 22.2. The number of hydrogen-bond acceptors (Lipinski definition) is 6. The molecule has 1 atom stereocenters. The quantitative estimate of drug-likeness (QED) is 0.146. The van der Waals surface area contributed by atoms with E-state index in [2.05, 4.69) is 26.0 Å². The minimum atomic E-state index is -4.33. The van der Waals surface area contributed by atoms with Gasteiger partial charge in [0, 0.05) is 31.5 Å². The van der Waals surface area contributed by atoms with E-state index >= 15 is 0 Å². The van der Waals surface area contributed by atoms with Crippen LogP contribution in [0.15, 0.2) is 78.9 Å². The zero-order valence-corrected chi connectivity index (χ0v) is 31.5. The molecule has 1 saturated heterocycles. The maximum absolute atomic E-state index is 14.2. The second-order valence-corrected chi connectivity index (χ2v) is 16.1. The van der Waals surface area contributed by atoms with Crippen molar-refractivity contribution in [1.82, 2.24) is 4.90 Å². The van der Waals surface area contributed by atoms with E-state index in [4.69, 9.17) is 18.9 Å². The molecule has 1 aliphatic heterocycles. The van der Waals surface area contributed by atoms with Gasteiger partial charge in [-0.3, -0.25) is 9.69 Å². The fourth-order valence-electron chi connectivity index (χ4n) is 7.87. The number of benzene rings is 3.